The molecule has 33 heavy (non-hydrogen) atoms. The summed E-state index contributed by atoms with van der Waals surface area (Å²) in [4.78, 5) is 4.47. The first-order valence-electron chi connectivity index (χ1n) is 10.8. The van der Waals surface area contributed by atoms with Gasteiger partial charge in [0, 0.05) is 47.1 Å². The van der Waals surface area contributed by atoms with E-state index in [1.54, 1.807) is 6.21 Å². The van der Waals surface area contributed by atoms with Gasteiger partial charge in [-0.2, -0.15) is 0 Å². The molecule has 1 aromatic heterocycles. The molecule has 0 radical (unpaired) electrons. The van der Waals surface area contributed by atoms with Crippen LogP contribution in [0.1, 0.15) is 16.7 Å². The van der Waals surface area contributed by atoms with Crippen LogP contribution in [0.4, 0.5) is 8.78 Å². The Morgan fingerprint density at radius 1 is 0.758 bits per heavy atom. The highest BCUT2D eigenvalue weighted by atomic mass is 19.1. The summed E-state index contributed by atoms with van der Waals surface area (Å²) < 4.78 is 29.4. The predicted octanol–water partition coefficient (Wildman–Crippen LogP) is 7.25. The molecule has 0 spiro atoms. The maximum Gasteiger partial charge on any atom is 0.131 e. The second-order valence-corrected chi connectivity index (χ2v) is 8.00. The van der Waals surface area contributed by atoms with E-state index in [1.807, 2.05) is 36.4 Å². The third-order valence-electron chi connectivity index (χ3n) is 5.72. The van der Waals surface area contributed by atoms with Crippen molar-refractivity contribution < 1.29 is 8.78 Å². The maximum absolute atomic E-state index is 14.0. The van der Waals surface area contributed by atoms with Gasteiger partial charge in [0.25, 0.3) is 0 Å². The molecule has 0 aliphatic carbocycles. The number of nitrogens with zero attached hydrogens (tertiary/aromatic N) is 2. The molecule has 0 bridgehead atoms. The van der Waals surface area contributed by atoms with Crippen LogP contribution in [-0.2, 0) is 13.1 Å². The lowest BCUT2D eigenvalue weighted by molar-refractivity contribution is 0.573. The Kier molecular flexibility index (Phi) is 5.81. The monoisotopic (exact) mass is 436 g/mol. The van der Waals surface area contributed by atoms with Gasteiger partial charge in [0.2, 0.25) is 0 Å². The standard InChI is InChI=1S/C29H22F2N2/c30-26-13-11-24(28(31)16-26)17-32-18-25-20-33(19-21-7-3-1-4-8-21)29-14-12-23(15-27(25)29)22-9-5-2-6-10-22/h1-16,18,20H,17,19H2. The van der Waals surface area contributed by atoms with E-state index in [9.17, 15) is 8.78 Å². The molecule has 4 heteroatoms. The third-order valence-corrected chi connectivity index (χ3v) is 5.72. The summed E-state index contributed by atoms with van der Waals surface area (Å²) in [6, 6.07) is 30.6. The highest BCUT2D eigenvalue weighted by Crippen LogP contribution is 2.28. The minimum atomic E-state index is -0.586. The Bertz CT molecular complexity index is 1420. The van der Waals surface area contributed by atoms with Crippen LogP contribution in [0.25, 0.3) is 22.0 Å². The van der Waals surface area contributed by atoms with Gasteiger partial charge in [-0.1, -0.05) is 72.8 Å². The Hall–Kier alpha value is -4.05. The minimum absolute atomic E-state index is 0.149. The molecule has 4 aromatic carbocycles. The summed E-state index contributed by atoms with van der Waals surface area (Å²) >= 11 is 0. The number of benzene rings is 4. The average molecular weight is 437 g/mol. The Labute approximate surface area is 191 Å². The molecule has 0 saturated carbocycles. The summed E-state index contributed by atoms with van der Waals surface area (Å²) in [6.45, 7) is 0.887. The Balaban J connectivity index is 1.53. The maximum atomic E-state index is 14.0. The third kappa shape index (κ3) is 4.60. The summed E-state index contributed by atoms with van der Waals surface area (Å²) in [5, 5.41) is 1.08. The van der Waals surface area contributed by atoms with Crippen LogP contribution < -0.4 is 0 Å². The number of rotatable bonds is 6. The van der Waals surface area contributed by atoms with E-state index in [0.29, 0.717) is 5.56 Å². The predicted molar refractivity (Wildman–Crippen MR) is 131 cm³/mol. The van der Waals surface area contributed by atoms with Crippen LogP contribution >= 0.6 is 0 Å². The molecule has 0 atom stereocenters. The lowest BCUT2D eigenvalue weighted by Gasteiger charge is -2.07. The number of fused-ring (bicyclic) bond motifs is 1. The van der Waals surface area contributed by atoms with Crippen LogP contribution in [0.15, 0.2) is 108 Å². The summed E-state index contributed by atoms with van der Waals surface area (Å²) in [6.07, 6.45) is 3.86. The molecule has 0 N–H and O–H groups in total. The summed E-state index contributed by atoms with van der Waals surface area (Å²) in [5.74, 6) is -1.16. The summed E-state index contributed by atoms with van der Waals surface area (Å²) in [7, 11) is 0. The van der Waals surface area contributed by atoms with Gasteiger partial charge < -0.3 is 4.57 Å². The van der Waals surface area contributed by atoms with Crippen molar-refractivity contribution in [2.75, 3.05) is 0 Å². The smallest absolute Gasteiger partial charge is 0.131 e. The van der Waals surface area contributed by atoms with E-state index < -0.39 is 11.6 Å². The molecule has 162 valence electrons. The highest BCUT2D eigenvalue weighted by Gasteiger charge is 2.10. The molecule has 5 aromatic rings. The van der Waals surface area contributed by atoms with E-state index >= 15 is 0 Å². The van der Waals surface area contributed by atoms with Gasteiger partial charge in [0.1, 0.15) is 11.6 Å². The Morgan fingerprint density at radius 3 is 2.27 bits per heavy atom. The van der Waals surface area contributed by atoms with E-state index in [1.165, 1.54) is 17.7 Å². The van der Waals surface area contributed by atoms with Crippen molar-refractivity contribution in [1.82, 2.24) is 4.57 Å². The molecule has 2 nitrogen and oxygen atoms in total. The molecular formula is C29H22F2N2. The normalized spacial score (nSPS) is 11.5. The van der Waals surface area contributed by atoms with Crippen molar-refractivity contribution >= 4 is 17.1 Å². The first-order valence-corrected chi connectivity index (χ1v) is 10.8. The van der Waals surface area contributed by atoms with Gasteiger partial charge in [-0.25, -0.2) is 8.78 Å². The lowest BCUT2D eigenvalue weighted by atomic mass is 10.0. The minimum Gasteiger partial charge on any atom is -0.342 e. The fourth-order valence-corrected chi connectivity index (χ4v) is 4.04. The quantitative estimate of drug-likeness (QED) is 0.249. The van der Waals surface area contributed by atoms with E-state index in [0.717, 1.165) is 40.2 Å². The van der Waals surface area contributed by atoms with Gasteiger partial charge >= 0.3 is 0 Å². The van der Waals surface area contributed by atoms with E-state index in [4.69, 9.17) is 0 Å². The fourth-order valence-electron chi connectivity index (χ4n) is 4.04. The van der Waals surface area contributed by atoms with Gasteiger partial charge in [0.05, 0.1) is 6.54 Å². The molecule has 0 aliphatic heterocycles. The Morgan fingerprint density at radius 2 is 1.52 bits per heavy atom. The van der Waals surface area contributed by atoms with Gasteiger partial charge in [-0.05, 0) is 34.9 Å². The molecule has 1 heterocycles. The fraction of sp³-hybridized carbons (Fsp3) is 0.0690. The number of aromatic nitrogens is 1. The lowest BCUT2D eigenvalue weighted by Crippen LogP contribution is -1.97. The van der Waals surface area contributed by atoms with Crippen molar-refractivity contribution in [3.05, 3.63) is 132 Å². The van der Waals surface area contributed by atoms with Crippen molar-refractivity contribution in [3.63, 3.8) is 0 Å². The molecule has 0 unspecified atom stereocenters. The topological polar surface area (TPSA) is 17.3 Å². The van der Waals surface area contributed by atoms with E-state index in [-0.39, 0.29) is 6.54 Å². The SMILES string of the molecule is Fc1ccc(CN=Cc2cn(Cc3ccccc3)c3ccc(-c4ccccc4)cc23)c(F)c1. The van der Waals surface area contributed by atoms with Crippen molar-refractivity contribution in [1.29, 1.82) is 0 Å². The van der Waals surface area contributed by atoms with Crippen LogP contribution in [-0.4, -0.2) is 10.8 Å². The van der Waals surface area contributed by atoms with Crippen molar-refractivity contribution in [2.24, 2.45) is 4.99 Å². The van der Waals surface area contributed by atoms with Crippen molar-refractivity contribution in [2.45, 2.75) is 13.1 Å². The van der Waals surface area contributed by atoms with Gasteiger partial charge in [0.15, 0.2) is 0 Å². The number of hydrogen-bond donors (Lipinski definition) is 0. The second kappa shape index (κ2) is 9.21. The highest BCUT2D eigenvalue weighted by molar-refractivity contribution is 6.01. The first-order chi connectivity index (χ1) is 16.2. The zero-order valence-corrected chi connectivity index (χ0v) is 18.0. The molecule has 0 fully saturated rings. The summed E-state index contributed by atoms with van der Waals surface area (Å²) in [5.41, 5.74) is 5.91. The van der Waals surface area contributed by atoms with Crippen LogP contribution in [0.3, 0.4) is 0 Å². The largest absolute Gasteiger partial charge is 0.342 e. The molecule has 5 rings (SSSR count). The van der Waals surface area contributed by atoms with Crippen LogP contribution in [0.2, 0.25) is 0 Å². The van der Waals surface area contributed by atoms with Gasteiger partial charge in [-0.15, -0.1) is 0 Å². The average Bonchev–Trinajstić information content (AvgIpc) is 3.18. The molecule has 0 saturated heterocycles. The molecule has 0 aliphatic rings. The van der Waals surface area contributed by atoms with Crippen LogP contribution in [0, 0.1) is 11.6 Å². The first kappa shape index (κ1) is 20.8. The van der Waals surface area contributed by atoms with E-state index in [2.05, 4.69) is 58.2 Å². The second-order valence-electron chi connectivity index (χ2n) is 8.00. The number of hydrogen-bond acceptors (Lipinski definition) is 1. The number of halogens is 2. The molecule has 0 amide bonds. The zero-order chi connectivity index (χ0) is 22.6. The van der Waals surface area contributed by atoms with Crippen LogP contribution in [0.5, 0.6) is 0 Å². The number of aliphatic imine (C=N–C) groups is 1. The zero-order valence-electron chi connectivity index (χ0n) is 18.0. The van der Waals surface area contributed by atoms with Crippen molar-refractivity contribution in [3.8, 4) is 11.1 Å². The molecular weight excluding hydrogens is 414 g/mol. The van der Waals surface area contributed by atoms with Gasteiger partial charge in [-0.3, -0.25) is 4.99 Å².